The lowest BCUT2D eigenvalue weighted by molar-refractivity contribution is 1.07. The molecule has 0 bridgehead atoms. The van der Waals surface area contributed by atoms with Gasteiger partial charge in [0, 0.05) is 53.2 Å². The first-order valence-corrected chi connectivity index (χ1v) is 21.7. The third-order valence-corrected chi connectivity index (χ3v) is 13.1. The number of nitrogens with zero attached hydrogens (tertiary/aromatic N) is 4. The van der Waals surface area contributed by atoms with Gasteiger partial charge in [0.2, 0.25) is 0 Å². The van der Waals surface area contributed by atoms with Crippen LogP contribution in [0.3, 0.4) is 0 Å². The van der Waals surface area contributed by atoms with Gasteiger partial charge in [0.05, 0.1) is 16.7 Å². The Bertz CT molecular complexity index is 3550. The van der Waals surface area contributed by atoms with E-state index in [1.165, 1.54) is 53.2 Å². The van der Waals surface area contributed by atoms with Crippen molar-refractivity contribution >= 4 is 53.3 Å². The Morgan fingerprint density at radius 1 is 0.306 bits per heavy atom. The quantitative estimate of drug-likeness (QED) is 0.161. The number of benzene rings is 9. The molecular formula is C57H36N4S. The molecule has 0 unspecified atom stereocenters. The van der Waals surface area contributed by atoms with Gasteiger partial charge in [-0.25, -0.2) is 15.0 Å². The molecule has 12 rings (SSSR count). The fraction of sp³-hybridized carbons (Fsp3) is 0. The molecule has 290 valence electrons. The summed E-state index contributed by atoms with van der Waals surface area (Å²) in [6.45, 7) is 0. The van der Waals surface area contributed by atoms with E-state index in [4.69, 9.17) is 15.0 Å². The van der Waals surface area contributed by atoms with E-state index in [1.54, 1.807) is 0 Å². The minimum atomic E-state index is 0.618. The number of para-hydroxylation sites is 1. The van der Waals surface area contributed by atoms with Gasteiger partial charge in [0.15, 0.2) is 17.5 Å². The average molecular weight is 809 g/mol. The topological polar surface area (TPSA) is 43.6 Å². The number of rotatable bonds is 7. The lowest BCUT2D eigenvalue weighted by Crippen LogP contribution is -2.02. The maximum Gasteiger partial charge on any atom is 0.164 e. The highest BCUT2D eigenvalue weighted by Crippen LogP contribution is 2.43. The van der Waals surface area contributed by atoms with Crippen LogP contribution < -0.4 is 0 Å². The number of hydrogen-bond acceptors (Lipinski definition) is 4. The molecule has 62 heavy (non-hydrogen) atoms. The average Bonchev–Trinajstić information content (AvgIpc) is 3.90. The van der Waals surface area contributed by atoms with Crippen molar-refractivity contribution in [1.82, 2.24) is 19.5 Å². The van der Waals surface area contributed by atoms with E-state index in [1.807, 2.05) is 47.7 Å². The molecule has 0 N–H and O–H groups in total. The molecule has 5 heteroatoms. The Morgan fingerprint density at radius 2 is 0.823 bits per heavy atom. The molecule has 9 aromatic carbocycles. The van der Waals surface area contributed by atoms with E-state index in [-0.39, 0.29) is 0 Å². The minimum absolute atomic E-state index is 0.618. The van der Waals surface area contributed by atoms with E-state index in [0.717, 1.165) is 44.5 Å². The third kappa shape index (κ3) is 6.18. The predicted octanol–water partition coefficient (Wildman–Crippen LogP) is 15.3. The summed E-state index contributed by atoms with van der Waals surface area (Å²) in [6, 6.07) is 77.6. The normalized spacial score (nSPS) is 11.5. The van der Waals surface area contributed by atoms with Crippen molar-refractivity contribution in [1.29, 1.82) is 0 Å². The lowest BCUT2D eigenvalue weighted by atomic mass is 9.97. The van der Waals surface area contributed by atoms with Gasteiger partial charge in [-0.3, -0.25) is 0 Å². The maximum atomic E-state index is 5.14. The Labute approximate surface area is 362 Å². The van der Waals surface area contributed by atoms with Crippen LogP contribution in [0.5, 0.6) is 0 Å². The van der Waals surface area contributed by atoms with Crippen LogP contribution in [-0.4, -0.2) is 19.5 Å². The Kier molecular flexibility index (Phi) is 8.65. The first kappa shape index (κ1) is 35.9. The van der Waals surface area contributed by atoms with E-state index in [2.05, 4.69) is 187 Å². The second-order valence-electron chi connectivity index (χ2n) is 15.6. The van der Waals surface area contributed by atoms with E-state index >= 15 is 0 Å². The molecule has 0 aliphatic carbocycles. The maximum absolute atomic E-state index is 5.14. The van der Waals surface area contributed by atoms with Crippen molar-refractivity contribution in [3.63, 3.8) is 0 Å². The van der Waals surface area contributed by atoms with Crippen molar-refractivity contribution in [3.05, 3.63) is 218 Å². The van der Waals surface area contributed by atoms with Gasteiger partial charge in [-0.2, -0.15) is 0 Å². The van der Waals surface area contributed by atoms with Crippen LogP contribution in [0.2, 0.25) is 0 Å². The SMILES string of the molecule is c1ccc(-c2ccc(-c3cc(-c4nc(-c5ccccc5)nc(-c5ccccc5)n4)ccc3-n3c4ccccc4c4ccc(-c5cccc6c5sc5ccccc56)cc43)cc2)cc1. The Morgan fingerprint density at radius 3 is 1.53 bits per heavy atom. The fourth-order valence-corrected chi connectivity index (χ4v) is 10.1. The molecule has 0 aliphatic rings. The zero-order valence-corrected chi connectivity index (χ0v) is 34.3. The first-order valence-electron chi connectivity index (χ1n) is 20.8. The highest BCUT2D eigenvalue weighted by atomic mass is 32.1. The molecule has 4 nitrogen and oxygen atoms in total. The molecule has 3 aromatic heterocycles. The Hall–Kier alpha value is -7.99. The summed E-state index contributed by atoms with van der Waals surface area (Å²) in [5, 5.41) is 5.02. The zero-order chi connectivity index (χ0) is 41.0. The van der Waals surface area contributed by atoms with Gasteiger partial charge < -0.3 is 4.57 Å². The van der Waals surface area contributed by atoms with Gasteiger partial charge in [0.25, 0.3) is 0 Å². The number of thiophene rings is 1. The van der Waals surface area contributed by atoms with Gasteiger partial charge >= 0.3 is 0 Å². The molecule has 3 heterocycles. The first-order chi connectivity index (χ1) is 30.7. The summed E-state index contributed by atoms with van der Waals surface area (Å²) < 4.78 is 5.06. The van der Waals surface area contributed by atoms with Crippen molar-refractivity contribution in [2.24, 2.45) is 0 Å². The largest absolute Gasteiger partial charge is 0.309 e. The summed E-state index contributed by atoms with van der Waals surface area (Å²) in [5.41, 5.74) is 13.1. The predicted molar refractivity (Wildman–Crippen MR) is 260 cm³/mol. The van der Waals surface area contributed by atoms with Crippen LogP contribution in [-0.2, 0) is 0 Å². The molecule has 0 atom stereocenters. The van der Waals surface area contributed by atoms with Crippen molar-refractivity contribution in [3.8, 4) is 73.2 Å². The van der Waals surface area contributed by atoms with E-state index in [9.17, 15) is 0 Å². The molecule has 0 saturated heterocycles. The molecule has 0 radical (unpaired) electrons. The zero-order valence-electron chi connectivity index (χ0n) is 33.5. The van der Waals surface area contributed by atoms with Gasteiger partial charge in [-0.05, 0) is 64.2 Å². The van der Waals surface area contributed by atoms with Crippen LogP contribution in [0.4, 0.5) is 0 Å². The summed E-state index contributed by atoms with van der Waals surface area (Å²) in [4.78, 5) is 15.3. The van der Waals surface area contributed by atoms with Crippen LogP contribution in [0.25, 0.3) is 115 Å². The summed E-state index contributed by atoms with van der Waals surface area (Å²) in [5.74, 6) is 1.89. The smallest absolute Gasteiger partial charge is 0.164 e. The Balaban J connectivity index is 1.09. The molecule has 0 aliphatic heterocycles. The van der Waals surface area contributed by atoms with E-state index < -0.39 is 0 Å². The van der Waals surface area contributed by atoms with Crippen molar-refractivity contribution in [2.45, 2.75) is 0 Å². The number of aromatic nitrogens is 4. The highest BCUT2D eigenvalue weighted by molar-refractivity contribution is 7.26. The second-order valence-corrected chi connectivity index (χ2v) is 16.6. The van der Waals surface area contributed by atoms with Crippen LogP contribution in [0.15, 0.2) is 218 Å². The lowest BCUT2D eigenvalue weighted by Gasteiger charge is -2.17. The van der Waals surface area contributed by atoms with E-state index in [0.29, 0.717) is 17.5 Å². The molecule has 12 aromatic rings. The molecule has 0 spiro atoms. The summed E-state index contributed by atoms with van der Waals surface area (Å²) in [6.07, 6.45) is 0. The van der Waals surface area contributed by atoms with Gasteiger partial charge in [-0.15, -0.1) is 11.3 Å². The van der Waals surface area contributed by atoms with Crippen molar-refractivity contribution < 1.29 is 0 Å². The molecule has 0 saturated carbocycles. The molecule has 0 fully saturated rings. The van der Waals surface area contributed by atoms with Crippen LogP contribution in [0, 0.1) is 0 Å². The van der Waals surface area contributed by atoms with Gasteiger partial charge in [-0.1, -0.05) is 182 Å². The standard InChI is InChI=1S/C57H36N4S/c1-4-15-37(16-5-1)38-27-29-39(30-28-38)49-35-43(57-59-55(40-17-6-2-7-18-40)58-56(60-57)41-19-8-3-9-20-41)32-34-51(49)61-50-25-12-10-21-45(50)46-33-31-42(36-52(46)61)44-23-14-24-48-47-22-11-13-26-53(47)62-54(44)48/h1-36H. The highest BCUT2D eigenvalue weighted by Gasteiger charge is 2.20. The summed E-state index contributed by atoms with van der Waals surface area (Å²) in [7, 11) is 0. The second kappa shape index (κ2) is 14.9. The molecular weight excluding hydrogens is 773 g/mol. The van der Waals surface area contributed by atoms with Gasteiger partial charge in [0.1, 0.15) is 0 Å². The number of hydrogen-bond donors (Lipinski definition) is 0. The monoisotopic (exact) mass is 808 g/mol. The van der Waals surface area contributed by atoms with Crippen LogP contribution in [0.1, 0.15) is 0 Å². The third-order valence-electron chi connectivity index (χ3n) is 11.9. The van der Waals surface area contributed by atoms with Crippen LogP contribution >= 0.6 is 11.3 Å². The van der Waals surface area contributed by atoms with Crippen molar-refractivity contribution in [2.75, 3.05) is 0 Å². The fourth-order valence-electron chi connectivity index (χ4n) is 8.88. The minimum Gasteiger partial charge on any atom is -0.309 e. The number of fused-ring (bicyclic) bond motifs is 6. The molecule has 0 amide bonds. The summed E-state index contributed by atoms with van der Waals surface area (Å²) >= 11 is 1.87.